The molecule has 0 aliphatic carbocycles. The van der Waals surface area contributed by atoms with Crippen LogP contribution < -0.4 is 4.90 Å². The smallest absolute Gasteiger partial charge is 0.185 e. The molecule has 3 rings (SSSR count). The van der Waals surface area contributed by atoms with E-state index >= 15 is 0 Å². The summed E-state index contributed by atoms with van der Waals surface area (Å²) in [6.45, 7) is 4.07. The van der Waals surface area contributed by atoms with Crippen LogP contribution in [0, 0.1) is 12.8 Å². The minimum absolute atomic E-state index is 0.180. The quantitative estimate of drug-likeness (QED) is 0.914. The van der Waals surface area contributed by atoms with Gasteiger partial charge >= 0.3 is 0 Å². The molecule has 22 heavy (non-hydrogen) atoms. The Bertz CT molecular complexity index is 576. The molecule has 1 aliphatic rings. The zero-order valence-corrected chi connectivity index (χ0v) is 13.9. The Morgan fingerprint density at radius 2 is 2.00 bits per heavy atom. The highest BCUT2D eigenvalue weighted by Gasteiger charge is 2.26. The van der Waals surface area contributed by atoms with Crippen molar-refractivity contribution in [2.45, 2.75) is 38.7 Å². The molecule has 0 bridgehead atoms. The SMILES string of the molecule is Cc1csc(N2CCC([C@@H](O)CCc3ccccc3)CC2)n1. The first-order valence-corrected chi connectivity index (χ1v) is 8.99. The maximum atomic E-state index is 10.5. The summed E-state index contributed by atoms with van der Waals surface area (Å²) < 4.78 is 0. The monoisotopic (exact) mass is 316 g/mol. The number of hydrogen-bond acceptors (Lipinski definition) is 4. The molecule has 0 radical (unpaired) electrons. The fourth-order valence-electron chi connectivity index (χ4n) is 3.16. The van der Waals surface area contributed by atoms with Crippen molar-refractivity contribution >= 4 is 16.5 Å². The van der Waals surface area contributed by atoms with Crippen LogP contribution in [0.2, 0.25) is 0 Å². The van der Waals surface area contributed by atoms with Gasteiger partial charge < -0.3 is 10.0 Å². The second-order valence-corrected chi connectivity index (χ2v) is 7.02. The third-order valence-electron chi connectivity index (χ3n) is 4.53. The van der Waals surface area contributed by atoms with E-state index in [1.54, 1.807) is 11.3 Å². The zero-order valence-electron chi connectivity index (χ0n) is 13.1. The van der Waals surface area contributed by atoms with Crippen LogP contribution in [-0.4, -0.2) is 29.3 Å². The van der Waals surface area contributed by atoms with E-state index in [1.807, 2.05) is 13.0 Å². The molecular formula is C18H24N2OS. The maximum Gasteiger partial charge on any atom is 0.185 e. The number of anilines is 1. The number of piperidine rings is 1. The van der Waals surface area contributed by atoms with Crippen molar-refractivity contribution in [2.75, 3.05) is 18.0 Å². The van der Waals surface area contributed by atoms with Crippen LogP contribution >= 0.6 is 11.3 Å². The Hall–Kier alpha value is -1.39. The Balaban J connectivity index is 1.46. The first-order valence-electron chi connectivity index (χ1n) is 8.11. The normalized spacial score (nSPS) is 17.6. The fraction of sp³-hybridized carbons (Fsp3) is 0.500. The zero-order chi connectivity index (χ0) is 15.4. The minimum Gasteiger partial charge on any atom is -0.393 e. The molecule has 1 aliphatic heterocycles. The number of benzene rings is 1. The largest absolute Gasteiger partial charge is 0.393 e. The van der Waals surface area contributed by atoms with Gasteiger partial charge in [0.2, 0.25) is 0 Å². The number of hydrogen-bond donors (Lipinski definition) is 1. The molecule has 0 spiro atoms. The Labute approximate surface area is 136 Å². The van der Waals surface area contributed by atoms with Crippen LogP contribution in [-0.2, 0) is 6.42 Å². The average molecular weight is 316 g/mol. The second kappa shape index (κ2) is 7.25. The van der Waals surface area contributed by atoms with Crippen molar-refractivity contribution in [1.29, 1.82) is 0 Å². The van der Waals surface area contributed by atoms with Crippen molar-refractivity contribution in [1.82, 2.24) is 4.98 Å². The standard InChI is InChI=1S/C18H24N2OS/c1-14-13-22-18(19-14)20-11-9-16(10-12-20)17(21)8-7-15-5-3-2-4-6-15/h2-6,13,16-17,21H,7-12H2,1H3/t17-/m0/s1. The number of aromatic nitrogens is 1. The lowest BCUT2D eigenvalue weighted by Crippen LogP contribution is -2.38. The number of nitrogens with zero attached hydrogens (tertiary/aromatic N) is 2. The van der Waals surface area contributed by atoms with E-state index in [-0.39, 0.29) is 6.10 Å². The molecule has 1 saturated heterocycles. The van der Waals surface area contributed by atoms with Crippen molar-refractivity contribution < 1.29 is 5.11 Å². The Morgan fingerprint density at radius 1 is 1.27 bits per heavy atom. The summed E-state index contributed by atoms with van der Waals surface area (Å²) in [5, 5.41) is 13.7. The molecular weight excluding hydrogens is 292 g/mol. The lowest BCUT2D eigenvalue weighted by molar-refractivity contribution is 0.0850. The molecule has 1 aromatic heterocycles. The van der Waals surface area contributed by atoms with Crippen molar-refractivity contribution in [2.24, 2.45) is 5.92 Å². The first-order chi connectivity index (χ1) is 10.7. The van der Waals surface area contributed by atoms with E-state index < -0.39 is 0 Å². The highest BCUT2D eigenvalue weighted by Crippen LogP contribution is 2.28. The molecule has 0 saturated carbocycles. The van der Waals surface area contributed by atoms with Crippen molar-refractivity contribution in [3.8, 4) is 0 Å². The van der Waals surface area contributed by atoms with Crippen LogP contribution in [0.25, 0.3) is 0 Å². The van der Waals surface area contributed by atoms with Gasteiger partial charge in [0.1, 0.15) is 0 Å². The number of aliphatic hydroxyl groups excluding tert-OH is 1. The first kappa shape index (κ1) is 15.5. The van der Waals surface area contributed by atoms with Crippen LogP contribution in [0.3, 0.4) is 0 Å². The summed E-state index contributed by atoms with van der Waals surface area (Å²) in [6.07, 6.45) is 3.78. The molecule has 0 unspecified atom stereocenters. The molecule has 0 amide bonds. The molecule has 118 valence electrons. The van der Waals surface area contributed by atoms with Gasteiger partial charge in [-0.2, -0.15) is 0 Å². The summed E-state index contributed by atoms with van der Waals surface area (Å²) in [5.74, 6) is 0.432. The highest BCUT2D eigenvalue weighted by molar-refractivity contribution is 7.13. The van der Waals surface area contributed by atoms with E-state index in [4.69, 9.17) is 0 Å². The topological polar surface area (TPSA) is 36.4 Å². The van der Waals surface area contributed by atoms with Gasteiger partial charge in [-0.15, -0.1) is 11.3 Å². The van der Waals surface area contributed by atoms with E-state index in [0.717, 1.165) is 49.6 Å². The molecule has 2 aromatic rings. The fourth-order valence-corrected chi connectivity index (χ4v) is 4.01. The van der Waals surface area contributed by atoms with Crippen molar-refractivity contribution in [3.05, 3.63) is 47.0 Å². The maximum absolute atomic E-state index is 10.5. The molecule has 1 N–H and O–H groups in total. The minimum atomic E-state index is -0.180. The van der Waals surface area contributed by atoms with Gasteiger partial charge in [-0.25, -0.2) is 4.98 Å². The summed E-state index contributed by atoms with van der Waals surface area (Å²) in [7, 11) is 0. The number of thiazole rings is 1. The third-order valence-corrected chi connectivity index (χ3v) is 5.55. The number of aliphatic hydroxyl groups is 1. The molecule has 4 heteroatoms. The predicted octanol–water partition coefficient (Wildman–Crippen LogP) is 3.66. The van der Waals surface area contributed by atoms with Gasteiger partial charge in [-0.3, -0.25) is 0 Å². The van der Waals surface area contributed by atoms with E-state index in [2.05, 4.69) is 39.5 Å². The highest BCUT2D eigenvalue weighted by atomic mass is 32.1. The summed E-state index contributed by atoms with van der Waals surface area (Å²) in [4.78, 5) is 6.92. The molecule has 2 heterocycles. The van der Waals surface area contributed by atoms with Gasteiger partial charge in [-0.05, 0) is 44.1 Å². The summed E-state index contributed by atoms with van der Waals surface area (Å²) in [5.41, 5.74) is 2.42. The third kappa shape index (κ3) is 3.87. The van der Waals surface area contributed by atoms with Gasteiger partial charge in [0.15, 0.2) is 5.13 Å². The van der Waals surface area contributed by atoms with Crippen LogP contribution in [0.1, 0.15) is 30.5 Å². The Morgan fingerprint density at radius 3 is 2.64 bits per heavy atom. The number of rotatable bonds is 5. The summed E-state index contributed by atoms with van der Waals surface area (Å²) in [6, 6.07) is 10.4. The van der Waals surface area contributed by atoms with Crippen molar-refractivity contribution in [3.63, 3.8) is 0 Å². The predicted molar refractivity (Wildman–Crippen MR) is 92.6 cm³/mol. The number of aryl methyl sites for hydroxylation is 2. The van der Waals surface area contributed by atoms with Crippen LogP contribution in [0.4, 0.5) is 5.13 Å². The lowest BCUT2D eigenvalue weighted by Gasteiger charge is -2.34. The van der Waals surface area contributed by atoms with E-state index in [1.165, 1.54) is 5.56 Å². The van der Waals surface area contributed by atoms with Gasteiger partial charge in [-0.1, -0.05) is 30.3 Å². The van der Waals surface area contributed by atoms with Crippen LogP contribution in [0.5, 0.6) is 0 Å². The molecule has 3 nitrogen and oxygen atoms in total. The average Bonchev–Trinajstić information content (AvgIpc) is 3.00. The molecule has 1 fully saturated rings. The van der Waals surface area contributed by atoms with Crippen LogP contribution in [0.15, 0.2) is 35.7 Å². The van der Waals surface area contributed by atoms with E-state index in [9.17, 15) is 5.11 Å². The van der Waals surface area contributed by atoms with Gasteiger partial charge in [0, 0.05) is 18.5 Å². The van der Waals surface area contributed by atoms with Gasteiger partial charge in [0.25, 0.3) is 0 Å². The van der Waals surface area contributed by atoms with E-state index in [0.29, 0.717) is 5.92 Å². The van der Waals surface area contributed by atoms with Gasteiger partial charge in [0.05, 0.1) is 11.8 Å². The Kier molecular flexibility index (Phi) is 5.11. The second-order valence-electron chi connectivity index (χ2n) is 6.19. The summed E-state index contributed by atoms with van der Waals surface area (Å²) >= 11 is 1.73. The molecule has 1 atom stereocenters. The molecule has 1 aromatic carbocycles. The lowest BCUT2D eigenvalue weighted by atomic mass is 9.88.